The molecule has 0 bridgehead atoms. The molecule has 1 fully saturated rings. The molecule has 0 N–H and O–H groups in total. The van der Waals surface area contributed by atoms with E-state index in [1.54, 1.807) is 0 Å². The highest BCUT2D eigenvalue weighted by Crippen LogP contribution is 2.46. The molecule has 0 saturated carbocycles. The van der Waals surface area contributed by atoms with Crippen molar-refractivity contribution in [3.05, 3.63) is 95.6 Å². The van der Waals surface area contributed by atoms with Crippen LogP contribution >= 0.6 is 0 Å². The Kier molecular flexibility index (Phi) is 3.22. The number of benzene rings is 3. The van der Waals surface area contributed by atoms with E-state index in [0.29, 0.717) is 6.61 Å². The van der Waals surface area contributed by atoms with Crippen LogP contribution in [0.4, 0.5) is 0 Å². The number of carbonyl (C=O) groups excluding carboxylic acids is 1. The van der Waals surface area contributed by atoms with Gasteiger partial charge in [-0.1, -0.05) is 72.8 Å². The van der Waals surface area contributed by atoms with Gasteiger partial charge < -0.3 is 4.74 Å². The van der Waals surface area contributed by atoms with Crippen LogP contribution in [-0.2, 0) is 4.74 Å². The van der Waals surface area contributed by atoms with Crippen LogP contribution in [0.15, 0.2) is 78.9 Å². The summed E-state index contributed by atoms with van der Waals surface area (Å²) in [5.41, 5.74) is 4.96. The predicted molar refractivity (Wildman–Crippen MR) is 95.9 cm³/mol. The molecule has 2 aliphatic rings. The molecule has 3 aromatic rings. The first-order valence-corrected chi connectivity index (χ1v) is 8.52. The topological polar surface area (TPSA) is 29.5 Å². The molecule has 2 heterocycles. The lowest BCUT2D eigenvalue weighted by atomic mass is 9.96. The van der Waals surface area contributed by atoms with Gasteiger partial charge in [0.15, 0.2) is 6.23 Å². The quantitative estimate of drug-likeness (QED) is 0.655. The van der Waals surface area contributed by atoms with E-state index in [9.17, 15) is 4.79 Å². The second-order valence-electron chi connectivity index (χ2n) is 6.46. The number of nitrogens with zero attached hydrogens (tertiary/aromatic N) is 1. The van der Waals surface area contributed by atoms with Gasteiger partial charge >= 0.3 is 0 Å². The van der Waals surface area contributed by atoms with Crippen LogP contribution in [-0.4, -0.2) is 17.4 Å². The van der Waals surface area contributed by atoms with E-state index in [4.69, 9.17) is 4.74 Å². The number of amides is 1. The Labute approximate surface area is 146 Å². The molecule has 5 rings (SSSR count). The van der Waals surface area contributed by atoms with Crippen molar-refractivity contribution >= 4 is 5.91 Å². The zero-order valence-electron chi connectivity index (χ0n) is 13.6. The number of ether oxygens (including phenoxy) is 1. The van der Waals surface area contributed by atoms with Gasteiger partial charge in [0, 0.05) is 11.1 Å². The highest BCUT2D eigenvalue weighted by molar-refractivity contribution is 6.03. The smallest absolute Gasteiger partial charge is 0.257 e. The third kappa shape index (κ3) is 2.13. The Hall–Kier alpha value is -2.91. The molecule has 122 valence electrons. The van der Waals surface area contributed by atoms with E-state index in [0.717, 1.165) is 27.8 Å². The van der Waals surface area contributed by atoms with Gasteiger partial charge in [0.25, 0.3) is 5.91 Å². The van der Waals surface area contributed by atoms with Gasteiger partial charge in [-0.3, -0.25) is 9.69 Å². The second kappa shape index (κ2) is 5.57. The van der Waals surface area contributed by atoms with Crippen molar-refractivity contribution in [3.8, 4) is 11.1 Å². The molecule has 0 radical (unpaired) electrons. The fraction of sp³-hybridized carbons (Fsp3) is 0.136. The number of carbonyl (C=O) groups is 1. The Balaban J connectivity index is 1.73. The first kappa shape index (κ1) is 14.4. The molecule has 2 atom stereocenters. The maximum Gasteiger partial charge on any atom is 0.257 e. The van der Waals surface area contributed by atoms with Crippen molar-refractivity contribution in [2.75, 3.05) is 6.61 Å². The largest absolute Gasteiger partial charge is 0.351 e. The highest BCUT2D eigenvalue weighted by Gasteiger charge is 2.43. The maximum absolute atomic E-state index is 13.4. The Morgan fingerprint density at radius 1 is 0.760 bits per heavy atom. The maximum atomic E-state index is 13.4. The average Bonchev–Trinajstić information content (AvgIpc) is 3.09. The molecule has 3 aromatic carbocycles. The lowest BCUT2D eigenvalue weighted by Gasteiger charge is -2.27. The van der Waals surface area contributed by atoms with Gasteiger partial charge in [-0.25, -0.2) is 0 Å². The second-order valence-corrected chi connectivity index (χ2v) is 6.46. The minimum Gasteiger partial charge on any atom is -0.351 e. The molecule has 0 aliphatic carbocycles. The average molecular weight is 327 g/mol. The van der Waals surface area contributed by atoms with Crippen molar-refractivity contribution in [3.63, 3.8) is 0 Å². The number of rotatable bonds is 1. The van der Waals surface area contributed by atoms with Crippen LogP contribution in [0.5, 0.6) is 0 Å². The summed E-state index contributed by atoms with van der Waals surface area (Å²) in [7, 11) is 0. The van der Waals surface area contributed by atoms with Gasteiger partial charge in [-0.05, 0) is 22.8 Å². The number of fused-ring (bicyclic) bond motifs is 5. The van der Waals surface area contributed by atoms with Gasteiger partial charge in [0.2, 0.25) is 0 Å². The monoisotopic (exact) mass is 327 g/mol. The Morgan fingerprint density at radius 2 is 1.40 bits per heavy atom. The third-order valence-corrected chi connectivity index (χ3v) is 5.09. The molecular formula is C22H17NO2. The summed E-state index contributed by atoms with van der Waals surface area (Å²) in [6, 6.07) is 26.1. The Bertz CT molecular complexity index is 951. The lowest BCUT2D eigenvalue weighted by molar-refractivity contribution is 0.0255. The molecule has 0 aromatic heterocycles. The standard InChI is InChI=1S/C22H17NO2/c24-21-18-12-6-4-10-16(18)17-11-5-7-13-19(17)22-23(21)20(14-25-22)15-8-2-1-3-9-15/h1-13,20,22H,14H2. The van der Waals surface area contributed by atoms with Crippen molar-refractivity contribution in [1.29, 1.82) is 0 Å². The number of hydrogen-bond acceptors (Lipinski definition) is 2. The van der Waals surface area contributed by atoms with Crippen LogP contribution in [0.1, 0.15) is 33.8 Å². The summed E-state index contributed by atoms with van der Waals surface area (Å²) in [4.78, 5) is 15.3. The molecule has 0 spiro atoms. The molecule has 25 heavy (non-hydrogen) atoms. The molecule has 3 heteroatoms. The molecule has 1 amide bonds. The summed E-state index contributed by atoms with van der Waals surface area (Å²) in [5, 5.41) is 0. The molecular weight excluding hydrogens is 310 g/mol. The molecule has 2 aliphatic heterocycles. The van der Waals surface area contributed by atoms with E-state index in [1.165, 1.54) is 0 Å². The third-order valence-electron chi connectivity index (χ3n) is 5.09. The first-order valence-electron chi connectivity index (χ1n) is 8.52. The van der Waals surface area contributed by atoms with Gasteiger partial charge in [0.05, 0.1) is 12.6 Å². The van der Waals surface area contributed by atoms with Gasteiger partial charge in [-0.15, -0.1) is 0 Å². The zero-order valence-corrected chi connectivity index (χ0v) is 13.6. The van der Waals surface area contributed by atoms with Gasteiger partial charge in [-0.2, -0.15) is 0 Å². The van der Waals surface area contributed by atoms with Gasteiger partial charge in [0.1, 0.15) is 0 Å². The van der Waals surface area contributed by atoms with E-state index in [1.807, 2.05) is 59.5 Å². The zero-order chi connectivity index (χ0) is 16.8. The van der Waals surface area contributed by atoms with Crippen LogP contribution in [0, 0.1) is 0 Å². The lowest BCUT2D eigenvalue weighted by Crippen LogP contribution is -2.32. The van der Waals surface area contributed by atoms with Crippen LogP contribution in [0.3, 0.4) is 0 Å². The van der Waals surface area contributed by atoms with Crippen molar-refractivity contribution < 1.29 is 9.53 Å². The molecule has 3 nitrogen and oxygen atoms in total. The molecule has 2 unspecified atom stereocenters. The number of hydrogen-bond donors (Lipinski definition) is 0. The first-order chi connectivity index (χ1) is 12.3. The summed E-state index contributed by atoms with van der Waals surface area (Å²) in [5.74, 6) is 0.0307. The SMILES string of the molecule is O=C1c2ccccc2-c2ccccc2C2OCC(c3ccccc3)N12. The summed E-state index contributed by atoms with van der Waals surface area (Å²) in [6.45, 7) is 0.511. The van der Waals surface area contributed by atoms with Crippen LogP contribution < -0.4 is 0 Å². The van der Waals surface area contributed by atoms with E-state index in [-0.39, 0.29) is 18.2 Å². The minimum absolute atomic E-state index is 0.0307. The van der Waals surface area contributed by atoms with E-state index in [2.05, 4.69) is 24.3 Å². The minimum atomic E-state index is -0.346. The summed E-state index contributed by atoms with van der Waals surface area (Å²) >= 11 is 0. The van der Waals surface area contributed by atoms with E-state index >= 15 is 0 Å². The summed E-state index contributed by atoms with van der Waals surface area (Å²) in [6.07, 6.45) is -0.346. The van der Waals surface area contributed by atoms with E-state index < -0.39 is 0 Å². The van der Waals surface area contributed by atoms with Crippen LogP contribution in [0.25, 0.3) is 11.1 Å². The molecule has 1 saturated heterocycles. The highest BCUT2D eigenvalue weighted by atomic mass is 16.5. The Morgan fingerprint density at radius 3 is 2.20 bits per heavy atom. The van der Waals surface area contributed by atoms with Crippen molar-refractivity contribution in [2.24, 2.45) is 0 Å². The normalized spacial score (nSPS) is 21.3. The van der Waals surface area contributed by atoms with Crippen molar-refractivity contribution in [1.82, 2.24) is 4.90 Å². The fourth-order valence-electron chi connectivity index (χ4n) is 3.93. The van der Waals surface area contributed by atoms with Crippen molar-refractivity contribution in [2.45, 2.75) is 12.3 Å². The fourth-order valence-corrected chi connectivity index (χ4v) is 3.93. The predicted octanol–water partition coefficient (Wildman–Crippen LogP) is 4.58. The van der Waals surface area contributed by atoms with Crippen LogP contribution in [0.2, 0.25) is 0 Å². The summed E-state index contributed by atoms with van der Waals surface area (Å²) < 4.78 is 6.14.